The number of amides is 2. The molecule has 2 amide bonds. The van der Waals surface area contributed by atoms with Gasteiger partial charge in [-0.15, -0.1) is 0 Å². The molecule has 0 bridgehead atoms. The average molecular weight is 223 g/mol. The van der Waals surface area contributed by atoms with Crippen molar-refractivity contribution in [1.82, 2.24) is 10.7 Å². The SMILES string of the molecule is COc1ccc(C(=O)NCC(=O)NN)cc1. The lowest BCUT2D eigenvalue weighted by atomic mass is 10.2. The van der Waals surface area contributed by atoms with Crippen molar-refractivity contribution in [2.24, 2.45) is 5.84 Å². The first kappa shape index (κ1) is 12.0. The number of carbonyl (C=O) groups excluding carboxylic acids is 2. The first-order valence-electron chi connectivity index (χ1n) is 4.59. The van der Waals surface area contributed by atoms with E-state index in [9.17, 15) is 9.59 Å². The van der Waals surface area contributed by atoms with Gasteiger partial charge in [-0.05, 0) is 24.3 Å². The smallest absolute Gasteiger partial charge is 0.253 e. The fourth-order valence-corrected chi connectivity index (χ4v) is 1.06. The van der Waals surface area contributed by atoms with Crippen LogP contribution in [0.4, 0.5) is 0 Å². The predicted molar refractivity (Wildman–Crippen MR) is 57.7 cm³/mol. The second-order valence-electron chi connectivity index (χ2n) is 2.98. The molecular formula is C10H13N3O3. The maximum absolute atomic E-state index is 11.5. The summed E-state index contributed by atoms with van der Waals surface area (Å²) in [6, 6.07) is 6.54. The Hall–Kier alpha value is -2.08. The Morgan fingerprint density at radius 2 is 1.94 bits per heavy atom. The maximum Gasteiger partial charge on any atom is 0.253 e. The Morgan fingerprint density at radius 3 is 2.44 bits per heavy atom. The molecule has 0 spiro atoms. The molecule has 0 heterocycles. The quantitative estimate of drug-likeness (QED) is 0.361. The van der Waals surface area contributed by atoms with E-state index in [4.69, 9.17) is 10.6 Å². The molecule has 0 atom stereocenters. The summed E-state index contributed by atoms with van der Waals surface area (Å²) in [5.41, 5.74) is 2.37. The van der Waals surface area contributed by atoms with Crippen LogP contribution in [0.2, 0.25) is 0 Å². The number of methoxy groups -OCH3 is 1. The summed E-state index contributed by atoms with van der Waals surface area (Å²) in [4.78, 5) is 22.3. The van der Waals surface area contributed by atoms with Crippen LogP contribution in [-0.4, -0.2) is 25.5 Å². The lowest BCUT2D eigenvalue weighted by molar-refractivity contribution is -0.120. The number of carbonyl (C=O) groups is 2. The number of hydrogen-bond donors (Lipinski definition) is 3. The molecule has 1 aromatic carbocycles. The van der Waals surface area contributed by atoms with E-state index in [-0.39, 0.29) is 12.5 Å². The van der Waals surface area contributed by atoms with Crippen molar-refractivity contribution >= 4 is 11.8 Å². The van der Waals surface area contributed by atoms with E-state index in [2.05, 4.69) is 5.32 Å². The van der Waals surface area contributed by atoms with Gasteiger partial charge in [-0.2, -0.15) is 0 Å². The molecule has 0 aliphatic rings. The third-order valence-corrected chi connectivity index (χ3v) is 1.92. The van der Waals surface area contributed by atoms with Crippen LogP contribution in [0.1, 0.15) is 10.4 Å². The number of hydrazine groups is 1. The molecule has 16 heavy (non-hydrogen) atoms. The maximum atomic E-state index is 11.5. The molecule has 0 fully saturated rings. The second-order valence-corrected chi connectivity index (χ2v) is 2.98. The standard InChI is InChI=1S/C10H13N3O3/c1-16-8-4-2-7(3-5-8)10(15)12-6-9(14)13-11/h2-5H,6,11H2,1H3,(H,12,15)(H,13,14). The topological polar surface area (TPSA) is 93.4 Å². The third-order valence-electron chi connectivity index (χ3n) is 1.92. The molecular weight excluding hydrogens is 210 g/mol. The second kappa shape index (κ2) is 5.72. The van der Waals surface area contributed by atoms with Crippen LogP contribution in [0, 0.1) is 0 Å². The molecule has 6 nitrogen and oxygen atoms in total. The van der Waals surface area contributed by atoms with E-state index in [1.165, 1.54) is 0 Å². The van der Waals surface area contributed by atoms with E-state index in [0.717, 1.165) is 0 Å². The molecule has 4 N–H and O–H groups in total. The highest BCUT2D eigenvalue weighted by molar-refractivity contribution is 5.96. The van der Waals surface area contributed by atoms with Gasteiger partial charge in [0.05, 0.1) is 13.7 Å². The van der Waals surface area contributed by atoms with Crippen molar-refractivity contribution in [2.75, 3.05) is 13.7 Å². The van der Waals surface area contributed by atoms with Gasteiger partial charge in [0.2, 0.25) is 0 Å². The number of hydrogen-bond acceptors (Lipinski definition) is 4. The van der Waals surface area contributed by atoms with Crippen LogP contribution in [0.15, 0.2) is 24.3 Å². The zero-order chi connectivity index (χ0) is 12.0. The van der Waals surface area contributed by atoms with Crippen LogP contribution >= 0.6 is 0 Å². The number of ether oxygens (including phenoxy) is 1. The first-order valence-corrected chi connectivity index (χ1v) is 4.59. The molecule has 0 saturated heterocycles. The predicted octanol–water partition coefficient (Wildman–Crippen LogP) is -0.585. The van der Waals surface area contributed by atoms with Gasteiger partial charge in [0.1, 0.15) is 5.75 Å². The minimum Gasteiger partial charge on any atom is -0.497 e. The van der Waals surface area contributed by atoms with Gasteiger partial charge in [0.15, 0.2) is 0 Å². The number of nitrogens with two attached hydrogens (primary N) is 1. The van der Waals surface area contributed by atoms with Crippen molar-refractivity contribution in [3.63, 3.8) is 0 Å². The summed E-state index contributed by atoms with van der Waals surface area (Å²) in [6.07, 6.45) is 0. The van der Waals surface area contributed by atoms with Crippen molar-refractivity contribution in [3.05, 3.63) is 29.8 Å². The summed E-state index contributed by atoms with van der Waals surface area (Å²) in [6.45, 7) is -0.151. The summed E-state index contributed by atoms with van der Waals surface area (Å²) in [7, 11) is 1.54. The lowest BCUT2D eigenvalue weighted by Crippen LogP contribution is -2.40. The third kappa shape index (κ3) is 3.25. The van der Waals surface area contributed by atoms with Crippen LogP contribution in [0.5, 0.6) is 5.75 Å². The molecule has 86 valence electrons. The van der Waals surface area contributed by atoms with Gasteiger partial charge in [0, 0.05) is 5.56 Å². The van der Waals surface area contributed by atoms with E-state index in [1.54, 1.807) is 31.4 Å². The Balaban J connectivity index is 2.56. The molecule has 0 unspecified atom stereocenters. The monoisotopic (exact) mass is 223 g/mol. The summed E-state index contributed by atoms with van der Waals surface area (Å²) in [5, 5.41) is 2.42. The van der Waals surface area contributed by atoms with Gasteiger partial charge in [-0.25, -0.2) is 5.84 Å². The number of nitrogens with one attached hydrogen (secondary N) is 2. The highest BCUT2D eigenvalue weighted by Gasteiger charge is 2.06. The van der Waals surface area contributed by atoms with Gasteiger partial charge in [-0.1, -0.05) is 0 Å². The number of rotatable bonds is 4. The van der Waals surface area contributed by atoms with Gasteiger partial charge >= 0.3 is 0 Å². The van der Waals surface area contributed by atoms with E-state index in [1.807, 2.05) is 5.43 Å². The Morgan fingerprint density at radius 1 is 1.31 bits per heavy atom. The van der Waals surface area contributed by atoms with Crippen LogP contribution in [0.3, 0.4) is 0 Å². The Bertz CT molecular complexity index is 375. The van der Waals surface area contributed by atoms with Crippen molar-refractivity contribution in [3.8, 4) is 5.75 Å². The van der Waals surface area contributed by atoms with E-state index < -0.39 is 5.91 Å². The van der Waals surface area contributed by atoms with Crippen LogP contribution in [0.25, 0.3) is 0 Å². The van der Waals surface area contributed by atoms with Crippen LogP contribution < -0.4 is 21.3 Å². The summed E-state index contributed by atoms with van der Waals surface area (Å²) >= 11 is 0. The fourth-order valence-electron chi connectivity index (χ4n) is 1.06. The van der Waals surface area contributed by atoms with Gasteiger partial charge < -0.3 is 10.1 Å². The van der Waals surface area contributed by atoms with Crippen molar-refractivity contribution in [2.45, 2.75) is 0 Å². The zero-order valence-electron chi connectivity index (χ0n) is 8.82. The molecule has 0 aromatic heterocycles. The zero-order valence-corrected chi connectivity index (χ0v) is 8.82. The lowest BCUT2D eigenvalue weighted by Gasteiger charge is -2.05. The molecule has 1 aromatic rings. The largest absolute Gasteiger partial charge is 0.497 e. The molecule has 6 heteroatoms. The summed E-state index contributed by atoms with van der Waals surface area (Å²) in [5.74, 6) is 4.73. The highest BCUT2D eigenvalue weighted by atomic mass is 16.5. The molecule has 0 aliphatic carbocycles. The highest BCUT2D eigenvalue weighted by Crippen LogP contribution is 2.10. The summed E-state index contributed by atoms with van der Waals surface area (Å²) < 4.78 is 4.95. The fraction of sp³-hybridized carbons (Fsp3) is 0.200. The average Bonchev–Trinajstić information content (AvgIpc) is 2.35. The minimum absolute atomic E-state index is 0.151. The molecule has 0 radical (unpaired) electrons. The van der Waals surface area contributed by atoms with Crippen molar-refractivity contribution < 1.29 is 14.3 Å². The van der Waals surface area contributed by atoms with Crippen molar-refractivity contribution in [1.29, 1.82) is 0 Å². The molecule has 0 aliphatic heterocycles. The van der Waals surface area contributed by atoms with Gasteiger partial charge in [0.25, 0.3) is 11.8 Å². The molecule has 1 rings (SSSR count). The van der Waals surface area contributed by atoms with Crippen LogP contribution in [-0.2, 0) is 4.79 Å². The first-order chi connectivity index (χ1) is 7.67. The normalized spacial score (nSPS) is 9.38. The minimum atomic E-state index is -0.457. The molecule has 0 saturated carbocycles. The Labute approximate surface area is 92.7 Å². The van der Waals surface area contributed by atoms with Gasteiger partial charge in [-0.3, -0.25) is 15.0 Å². The Kier molecular flexibility index (Phi) is 4.28. The number of benzene rings is 1. The van der Waals surface area contributed by atoms with E-state index >= 15 is 0 Å². The van der Waals surface area contributed by atoms with E-state index in [0.29, 0.717) is 11.3 Å².